The summed E-state index contributed by atoms with van der Waals surface area (Å²) in [7, 11) is 0. The summed E-state index contributed by atoms with van der Waals surface area (Å²) in [5.41, 5.74) is 7.15. The van der Waals surface area contributed by atoms with Crippen LogP contribution >= 0.6 is 0 Å². The Hall–Kier alpha value is -3.42. The van der Waals surface area contributed by atoms with Gasteiger partial charge in [0.05, 0.1) is 0 Å². The lowest BCUT2D eigenvalue weighted by Gasteiger charge is -2.36. The number of nitrogens with zero attached hydrogens (tertiary/aromatic N) is 1. The van der Waals surface area contributed by atoms with Crippen LogP contribution in [0, 0.1) is 5.82 Å². The zero-order chi connectivity index (χ0) is 24.2. The summed E-state index contributed by atoms with van der Waals surface area (Å²) >= 11 is 0. The molecule has 7 nitrogen and oxygen atoms in total. The molecule has 3 N–H and O–H groups in total. The van der Waals surface area contributed by atoms with E-state index in [1.807, 2.05) is 24.3 Å². The molecular formula is C25H30FN3O4. The molecule has 1 aliphatic rings. The largest absolute Gasteiger partial charge is 0.444 e. The molecule has 0 bridgehead atoms. The number of alkyl carbamates (subject to hydrolysis) is 1. The zero-order valence-corrected chi connectivity index (χ0v) is 19.1. The molecule has 1 heterocycles. The van der Waals surface area contributed by atoms with Crippen molar-refractivity contribution in [3.05, 3.63) is 71.0 Å². The molecule has 2 atom stereocenters. The maximum Gasteiger partial charge on any atom is 0.407 e. The number of hydrogen-bond donors (Lipinski definition) is 2. The van der Waals surface area contributed by atoms with Crippen LogP contribution in [0.1, 0.15) is 43.9 Å². The minimum absolute atomic E-state index is 0.0866. The highest BCUT2D eigenvalue weighted by Crippen LogP contribution is 2.25. The van der Waals surface area contributed by atoms with Gasteiger partial charge in [0.25, 0.3) is 0 Å². The third-order valence-corrected chi connectivity index (χ3v) is 5.46. The van der Waals surface area contributed by atoms with Gasteiger partial charge in [-0.15, -0.1) is 0 Å². The summed E-state index contributed by atoms with van der Waals surface area (Å²) in [6.45, 7) is 5.42. The van der Waals surface area contributed by atoms with Crippen LogP contribution in [0.25, 0.3) is 0 Å². The van der Waals surface area contributed by atoms with Gasteiger partial charge in [-0.2, -0.15) is 0 Å². The fraction of sp³-hybridized carbons (Fsp3) is 0.400. The summed E-state index contributed by atoms with van der Waals surface area (Å²) in [5, 5.41) is 2.69. The van der Waals surface area contributed by atoms with Gasteiger partial charge in [0.15, 0.2) is 0 Å². The van der Waals surface area contributed by atoms with Crippen LogP contribution in [0.15, 0.2) is 48.5 Å². The van der Waals surface area contributed by atoms with Crippen LogP contribution in [-0.2, 0) is 33.7 Å². The van der Waals surface area contributed by atoms with E-state index in [1.165, 1.54) is 11.0 Å². The molecule has 0 aliphatic carbocycles. The van der Waals surface area contributed by atoms with Crippen LogP contribution in [0.3, 0.4) is 0 Å². The molecule has 2 aromatic rings. The molecule has 0 aromatic heterocycles. The monoisotopic (exact) mass is 455 g/mol. The lowest BCUT2D eigenvalue weighted by atomic mass is 9.92. The molecule has 8 heteroatoms. The molecule has 0 saturated carbocycles. The first-order valence-electron chi connectivity index (χ1n) is 10.9. The van der Waals surface area contributed by atoms with Crippen molar-refractivity contribution in [2.24, 2.45) is 5.73 Å². The van der Waals surface area contributed by atoms with E-state index in [4.69, 9.17) is 10.5 Å². The Labute approximate surface area is 193 Å². The Balaban J connectivity index is 1.81. The number of halogens is 1. The molecule has 0 spiro atoms. The predicted octanol–water partition coefficient (Wildman–Crippen LogP) is 3.09. The fourth-order valence-corrected chi connectivity index (χ4v) is 3.95. The third kappa shape index (κ3) is 6.54. The van der Waals surface area contributed by atoms with Gasteiger partial charge in [0, 0.05) is 25.4 Å². The summed E-state index contributed by atoms with van der Waals surface area (Å²) < 4.78 is 19.6. The molecule has 1 aliphatic heterocycles. The summed E-state index contributed by atoms with van der Waals surface area (Å²) in [5.74, 6) is -1.38. The Morgan fingerprint density at radius 1 is 1.12 bits per heavy atom. The van der Waals surface area contributed by atoms with Crippen LogP contribution in [0.4, 0.5) is 9.18 Å². The molecule has 3 rings (SSSR count). The average molecular weight is 456 g/mol. The number of carbonyl (C=O) groups is 3. The van der Waals surface area contributed by atoms with Crippen molar-refractivity contribution in [1.29, 1.82) is 0 Å². The first kappa shape index (κ1) is 24.2. The van der Waals surface area contributed by atoms with Crippen LogP contribution in [0.2, 0.25) is 0 Å². The smallest absolute Gasteiger partial charge is 0.407 e. The second kappa shape index (κ2) is 10.0. The van der Waals surface area contributed by atoms with Gasteiger partial charge < -0.3 is 20.7 Å². The van der Waals surface area contributed by atoms with Gasteiger partial charge in [0.1, 0.15) is 17.5 Å². The van der Waals surface area contributed by atoms with Gasteiger partial charge in [-0.25, -0.2) is 9.18 Å². The maximum atomic E-state index is 14.3. The van der Waals surface area contributed by atoms with Crippen molar-refractivity contribution >= 4 is 17.9 Å². The zero-order valence-electron chi connectivity index (χ0n) is 19.1. The maximum absolute atomic E-state index is 14.3. The van der Waals surface area contributed by atoms with Crippen molar-refractivity contribution in [2.45, 2.75) is 64.3 Å². The van der Waals surface area contributed by atoms with E-state index < -0.39 is 35.5 Å². The molecule has 0 saturated heterocycles. The predicted molar refractivity (Wildman–Crippen MR) is 122 cm³/mol. The van der Waals surface area contributed by atoms with Crippen molar-refractivity contribution in [3.63, 3.8) is 0 Å². The number of nitrogens with one attached hydrogen (secondary N) is 1. The lowest BCUT2D eigenvalue weighted by molar-refractivity contribution is -0.141. The van der Waals surface area contributed by atoms with Crippen LogP contribution in [-0.4, -0.2) is 40.5 Å². The normalized spacial score (nSPS) is 16.5. The highest BCUT2D eigenvalue weighted by molar-refractivity contribution is 5.88. The van der Waals surface area contributed by atoms with E-state index in [2.05, 4.69) is 5.32 Å². The highest BCUT2D eigenvalue weighted by atomic mass is 19.1. The number of primary amides is 1. The molecular weight excluding hydrogens is 425 g/mol. The Morgan fingerprint density at radius 3 is 2.39 bits per heavy atom. The number of hydrogen-bond acceptors (Lipinski definition) is 4. The number of carbonyl (C=O) groups excluding carboxylic acids is 3. The topological polar surface area (TPSA) is 102 Å². The van der Waals surface area contributed by atoms with Gasteiger partial charge in [-0.1, -0.05) is 42.5 Å². The quantitative estimate of drug-likeness (QED) is 0.699. The van der Waals surface area contributed by atoms with Crippen molar-refractivity contribution in [3.8, 4) is 0 Å². The molecule has 2 aromatic carbocycles. The first-order chi connectivity index (χ1) is 15.5. The molecule has 176 valence electrons. The Bertz CT molecular complexity index is 1030. The van der Waals surface area contributed by atoms with Crippen LogP contribution < -0.4 is 11.1 Å². The Kier molecular flexibility index (Phi) is 7.36. The van der Waals surface area contributed by atoms with Crippen molar-refractivity contribution in [1.82, 2.24) is 10.2 Å². The van der Waals surface area contributed by atoms with Gasteiger partial charge in [0.2, 0.25) is 11.8 Å². The van der Waals surface area contributed by atoms with Gasteiger partial charge >= 0.3 is 6.09 Å². The van der Waals surface area contributed by atoms with Gasteiger partial charge in [-0.3, -0.25) is 9.59 Å². The molecule has 0 unspecified atom stereocenters. The Morgan fingerprint density at radius 2 is 1.76 bits per heavy atom. The number of nitrogens with two attached hydrogens (primary N) is 1. The minimum atomic E-state index is -0.789. The second-order valence-corrected chi connectivity index (χ2v) is 9.26. The summed E-state index contributed by atoms with van der Waals surface area (Å²) in [6.07, 6.45) is -0.426. The lowest BCUT2D eigenvalue weighted by Crippen LogP contribution is -2.52. The third-order valence-electron chi connectivity index (χ3n) is 5.46. The number of amides is 3. The van der Waals surface area contributed by atoms with Crippen molar-refractivity contribution in [2.75, 3.05) is 0 Å². The number of benzene rings is 2. The average Bonchev–Trinajstić information content (AvgIpc) is 2.72. The molecule has 0 fully saturated rings. The molecule has 0 radical (unpaired) electrons. The highest BCUT2D eigenvalue weighted by Gasteiger charge is 2.34. The SMILES string of the molecule is CC(C)(C)OC(=O)N[C@@H](CC(=O)N1Cc2ccccc2C[C@H]1C(N)=O)Cc1ccccc1F. The number of ether oxygens (including phenoxy) is 1. The van der Waals surface area contributed by atoms with Gasteiger partial charge in [-0.05, 0) is 49.9 Å². The summed E-state index contributed by atoms with van der Waals surface area (Å²) in [4.78, 5) is 39.3. The summed E-state index contributed by atoms with van der Waals surface area (Å²) in [6, 6.07) is 12.2. The van der Waals surface area contributed by atoms with E-state index in [-0.39, 0.29) is 25.3 Å². The standard InChI is InChI=1S/C25H30FN3O4/c1-25(2,3)33-24(32)28-19(12-17-9-6-7-11-20(17)26)14-22(30)29-15-18-10-5-4-8-16(18)13-21(29)23(27)31/h4-11,19,21H,12-15H2,1-3H3,(H2,27,31)(H,28,32)/t19-,21+/m1/s1. The van der Waals surface area contributed by atoms with E-state index in [9.17, 15) is 18.8 Å². The van der Waals surface area contributed by atoms with E-state index in [0.717, 1.165) is 11.1 Å². The van der Waals surface area contributed by atoms with E-state index in [1.54, 1.807) is 39.0 Å². The number of rotatable bonds is 6. The molecule has 33 heavy (non-hydrogen) atoms. The van der Waals surface area contributed by atoms with E-state index in [0.29, 0.717) is 12.0 Å². The van der Waals surface area contributed by atoms with Crippen molar-refractivity contribution < 1.29 is 23.5 Å². The second-order valence-electron chi connectivity index (χ2n) is 9.26. The van der Waals surface area contributed by atoms with E-state index >= 15 is 0 Å². The molecule has 3 amide bonds. The number of fused-ring (bicyclic) bond motifs is 1. The fourth-order valence-electron chi connectivity index (χ4n) is 3.95. The van der Waals surface area contributed by atoms with Crippen LogP contribution in [0.5, 0.6) is 0 Å². The first-order valence-corrected chi connectivity index (χ1v) is 10.9. The minimum Gasteiger partial charge on any atom is -0.444 e.